The van der Waals surface area contributed by atoms with Gasteiger partial charge in [-0.15, -0.1) is 0 Å². The van der Waals surface area contributed by atoms with Crippen LogP contribution in [0.2, 0.25) is 0 Å². The number of ether oxygens (including phenoxy) is 1. The molecule has 2 atom stereocenters. The van der Waals surface area contributed by atoms with Gasteiger partial charge < -0.3 is 9.64 Å². The number of hydrogen-bond donors (Lipinski definition) is 0. The van der Waals surface area contributed by atoms with E-state index < -0.39 is 0 Å². The molecule has 31 heavy (non-hydrogen) atoms. The molecule has 1 unspecified atom stereocenters. The number of aryl methyl sites for hydroxylation is 1. The summed E-state index contributed by atoms with van der Waals surface area (Å²) in [6, 6.07) is 12.0. The summed E-state index contributed by atoms with van der Waals surface area (Å²) < 4.78 is 19.2. The molecule has 1 saturated carbocycles. The molecule has 0 radical (unpaired) electrons. The minimum Gasteiger partial charge on any atom is -0.491 e. The van der Waals surface area contributed by atoms with Gasteiger partial charge in [0.15, 0.2) is 0 Å². The highest BCUT2D eigenvalue weighted by Gasteiger charge is 2.51. The number of rotatable bonds is 5. The second-order valence-electron chi connectivity index (χ2n) is 8.63. The molecule has 3 fully saturated rings. The zero-order valence-electron chi connectivity index (χ0n) is 17.6. The molecule has 6 rings (SSSR count). The predicted molar refractivity (Wildman–Crippen MR) is 114 cm³/mol. The summed E-state index contributed by atoms with van der Waals surface area (Å²) in [7, 11) is 0. The van der Waals surface area contributed by atoms with Gasteiger partial charge >= 0.3 is 0 Å². The van der Waals surface area contributed by atoms with Crippen LogP contribution in [-0.4, -0.2) is 44.5 Å². The summed E-state index contributed by atoms with van der Waals surface area (Å²) in [5.74, 6) is 1.23. The van der Waals surface area contributed by atoms with Gasteiger partial charge in [0.25, 0.3) is 5.91 Å². The van der Waals surface area contributed by atoms with Crippen LogP contribution in [0.3, 0.4) is 0 Å². The van der Waals surface area contributed by atoms with Gasteiger partial charge in [-0.1, -0.05) is 18.6 Å². The van der Waals surface area contributed by atoms with Crippen LogP contribution in [0.4, 0.5) is 4.39 Å². The Bertz CT molecular complexity index is 1080. The summed E-state index contributed by atoms with van der Waals surface area (Å²) >= 11 is 0. The number of benzene rings is 2. The van der Waals surface area contributed by atoms with Crippen LogP contribution >= 0.6 is 0 Å². The average molecular weight is 420 g/mol. The Morgan fingerprint density at radius 3 is 2.55 bits per heavy atom. The first-order valence-corrected chi connectivity index (χ1v) is 10.7. The van der Waals surface area contributed by atoms with Crippen molar-refractivity contribution >= 4 is 5.91 Å². The van der Waals surface area contributed by atoms with Crippen LogP contribution in [0.15, 0.2) is 54.9 Å². The highest BCUT2D eigenvalue weighted by molar-refractivity contribution is 5.98. The van der Waals surface area contributed by atoms with Gasteiger partial charge in [-0.25, -0.2) is 4.39 Å². The van der Waals surface area contributed by atoms with Crippen molar-refractivity contribution in [3.05, 3.63) is 71.8 Å². The standard InChI is InChI=1S/C24H25FN4O2/c1-15-3-8-22(29-26-9-10-27-29)21(11-15)24(30)28-19-12-17(13-19)16(2)23(28)14-31-20-6-4-18(25)5-7-20/h3-11,16-17,19,23H,12-14H2,1-2H3/t16-,17?,19?,23?/m1/s1. The van der Waals surface area contributed by atoms with E-state index in [0.717, 1.165) is 18.4 Å². The highest BCUT2D eigenvalue weighted by atomic mass is 19.1. The zero-order chi connectivity index (χ0) is 21.5. The van der Waals surface area contributed by atoms with Crippen molar-refractivity contribution in [2.45, 2.75) is 38.8 Å². The molecule has 6 nitrogen and oxygen atoms in total. The number of carbonyl (C=O) groups is 1. The van der Waals surface area contributed by atoms with Gasteiger partial charge in [-0.2, -0.15) is 15.0 Å². The van der Waals surface area contributed by atoms with E-state index in [2.05, 4.69) is 17.1 Å². The molecule has 2 aliphatic heterocycles. The predicted octanol–water partition coefficient (Wildman–Crippen LogP) is 4.03. The second kappa shape index (κ2) is 7.80. The summed E-state index contributed by atoms with van der Waals surface area (Å²) in [6.45, 7) is 4.56. The molecule has 3 aliphatic rings. The van der Waals surface area contributed by atoms with E-state index in [1.54, 1.807) is 24.5 Å². The normalized spacial score (nSPS) is 24.5. The van der Waals surface area contributed by atoms with Gasteiger partial charge in [0.2, 0.25) is 0 Å². The third-order valence-electron chi connectivity index (χ3n) is 6.74. The number of piperidine rings is 2. The number of aromatic nitrogens is 3. The number of nitrogens with zero attached hydrogens (tertiary/aromatic N) is 4. The molecule has 1 aromatic heterocycles. The summed E-state index contributed by atoms with van der Waals surface area (Å²) in [4.78, 5) is 17.4. The van der Waals surface area contributed by atoms with Crippen molar-refractivity contribution in [2.24, 2.45) is 11.8 Å². The summed E-state index contributed by atoms with van der Waals surface area (Å²) in [5, 5.41) is 8.46. The SMILES string of the molecule is Cc1ccc(-n2nccn2)c(C(=O)N2C3CC(C3)[C@@H](C)C2COc2ccc(F)cc2)c1. The summed E-state index contributed by atoms with van der Waals surface area (Å²) in [6.07, 6.45) is 5.27. The van der Waals surface area contributed by atoms with Crippen molar-refractivity contribution in [1.82, 2.24) is 19.9 Å². The van der Waals surface area contributed by atoms with E-state index in [9.17, 15) is 9.18 Å². The molecule has 2 saturated heterocycles. The quantitative estimate of drug-likeness (QED) is 0.625. The summed E-state index contributed by atoms with van der Waals surface area (Å²) in [5.41, 5.74) is 2.28. The Hall–Kier alpha value is -3.22. The Balaban J connectivity index is 1.45. The molecular formula is C24H25FN4O2. The van der Waals surface area contributed by atoms with Crippen molar-refractivity contribution in [2.75, 3.05) is 6.61 Å². The minimum absolute atomic E-state index is 0.0151. The van der Waals surface area contributed by atoms with Crippen molar-refractivity contribution in [1.29, 1.82) is 0 Å². The fourth-order valence-corrected chi connectivity index (χ4v) is 4.86. The number of carbonyl (C=O) groups excluding carboxylic acids is 1. The van der Waals surface area contributed by atoms with E-state index in [0.29, 0.717) is 35.4 Å². The number of fused-ring (bicyclic) bond motifs is 2. The number of hydrogen-bond acceptors (Lipinski definition) is 4. The molecule has 2 bridgehead atoms. The first kappa shape index (κ1) is 19.7. The molecular weight excluding hydrogens is 395 g/mol. The lowest BCUT2D eigenvalue weighted by Crippen LogP contribution is -2.64. The molecule has 160 valence electrons. The Morgan fingerprint density at radius 2 is 1.84 bits per heavy atom. The van der Waals surface area contributed by atoms with Crippen molar-refractivity contribution in [3.63, 3.8) is 0 Å². The van der Waals surface area contributed by atoms with Gasteiger partial charge in [0.05, 0.1) is 29.7 Å². The average Bonchev–Trinajstić information content (AvgIpc) is 3.27. The largest absolute Gasteiger partial charge is 0.491 e. The smallest absolute Gasteiger partial charge is 0.256 e. The molecule has 1 aliphatic carbocycles. The lowest BCUT2D eigenvalue weighted by Gasteiger charge is -2.57. The van der Waals surface area contributed by atoms with E-state index in [-0.39, 0.29) is 23.8 Å². The first-order valence-electron chi connectivity index (χ1n) is 10.7. The lowest BCUT2D eigenvalue weighted by atomic mass is 9.64. The van der Waals surface area contributed by atoms with E-state index >= 15 is 0 Å². The van der Waals surface area contributed by atoms with Gasteiger partial charge in [-0.3, -0.25) is 4.79 Å². The molecule has 3 aromatic rings. The van der Waals surface area contributed by atoms with Gasteiger partial charge in [0, 0.05) is 6.04 Å². The maximum Gasteiger partial charge on any atom is 0.256 e. The third kappa shape index (κ3) is 3.58. The van der Waals surface area contributed by atoms with Crippen molar-refractivity contribution < 1.29 is 13.9 Å². The van der Waals surface area contributed by atoms with Crippen molar-refractivity contribution in [3.8, 4) is 11.4 Å². The van der Waals surface area contributed by atoms with E-state index in [4.69, 9.17) is 4.74 Å². The van der Waals surface area contributed by atoms with Gasteiger partial charge in [0.1, 0.15) is 18.2 Å². The first-order chi connectivity index (χ1) is 15.0. The number of halogens is 1. The molecule has 3 heterocycles. The molecule has 2 aromatic carbocycles. The highest BCUT2D eigenvalue weighted by Crippen LogP contribution is 2.47. The van der Waals surface area contributed by atoms with Crippen LogP contribution in [-0.2, 0) is 0 Å². The maximum atomic E-state index is 13.9. The molecule has 1 amide bonds. The van der Waals surface area contributed by atoms with Crippen LogP contribution in [0.5, 0.6) is 5.75 Å². The van der Waals surface area contributed by atoms with E-state index in [1.165, 1.54) is 16.9 Å². The molecule has 0 spiro atoms. The fourth-order valence-electron chi connectivity index (χ4n) is 4.86. The Morgan fingerprint density at radius 1 is 1.13 bits per heavy atom. The zero-order valence-corrected chi connectivity index (χ0v) is 17.6. The fraction of sp³-hybridized carbons (Fsp3) is 0.375. The maximum absolute atomic E-state index is 13.9. The van der Waals surface area contributed by atoms with E-state index in [1.807, 2.05) is 30.0 Å². The lowest BCUT2D eigenvalue weighted by molar-refractivity contribution is -0.0670. The molecule has 7 heteroatoms. The topological polar surface area (TPSA) is 60.2 Å². The second-order valence-corrected chi connectivity index (χ2v) is 8.63. The molecule has 0 N–H and O–H groups in total. The number of amides is 1. The minimum atomic E-state index is -0.296. The monoisotopic (exact) mass is 420 g/mol. The van der Waals surface area contributed by atoms with Crippen LogP contribution < -0.4 is 4.74 Å². The van der Waals surface area contributed by atoms with Crippen LogP contribution in [0.25, 0.3) is 5.69 Å². The van der Waals surface area contributed by atoms with Crippen LogP contribution in [0, 0.1) is 24.6 Å². The Kier molecular flexibility index (Phi) is 4.96. The Labute approximate surface area is 180 Å². The van der Waals surface area contributed by atoms with Gasteiger partial charge in [-0.05, 0) is 68.0 Å². The third-order valence-corrected chi connectivity index (χ3v) is 6.74. The van der Waals surface area contributed by atoms with Crippen LogP contribution in [0.1, 0.15) is 35.7 Å².